The maximum Gasteiger partial charge on any atom is 0.305 e. The molecule has 1 atom stereocenters. The van der Waals surface area contributed by atoms with Crippen LogP contribution in [0.5, 0.6) is 0 Å². The third-order valence-electron chi connectivity index (χ3n) is 5.82. The van der Waals surface area contributed by atoms with Crippen LogP contribution in [0.4, 0.5) is 5.88 Å². The fourth-order valence-electron chi connectivity index (χ4n) is 3.93. The normalized spacial score (nSPS) is 14.5. The van der Waals surface area contributed by atoms with E-state index in [9.17, 15) is 9.90 Å². The molecule has 0 unspecified atom stereocenters. The van der Waals surface area contributed by atoms with Gasteiger partial charge in [-0.15, -0.1) is 0 Å². The Morgan fingerprint density at radius 2 is 1.94 bits per heavy atom. The van der Waals surface area contributed by atoms with Gasteiger partial charge >= 0.3 is 5.97 Å². The first kappa shape index (κ1) is 24.3. The molecule has 7 heteroatoms. The molecule has 7 nitrogen and oxygen atoms in total. The highest BCUT2D eigenvalue weighted by Gasteiger charge is 2.29. The zero-order valence-corrected chi connectivity index (χ0v) is 19.6. The van der Waals surface area contributed by atoms with Gasteiger partial charge in [0, 0.05) is 44.7 Å². The Labute approximate surface area is 191 Å². The molecular formula is C25H37N3O4. The van der Waals surface area contributed by atoms with Crippen LogP contribution in [0, 0.1) is 5.92 Å². The first-order chi connectivity index (χ1) is 15.5. The number of aromatic nitrogens is 1. The fourth-order valence-corrected chi connectivity index (χ4v) is 3.93. The number of anilines is 1. The maximum absolute atomic E-state index is 11.7. The van der Waals surface area contributed by atoms with Gasteiger partial charge < -0.3 is 19.3 Å². The highest BCUT2D eigenvalue weighted by Crippen LogP contribution is 2.35. The van der Waals surface area contributed by atoms with E-state index in [0.717, 1.165) is 48.8 Å². The smallest absolute Gasteiger partial charge is 0.305 e. The Hall–Kier alpha value is -2.38. The summed E-state index contributed by atoms with van der Waals surface area (Å²) in [6.45, 7) is 9.78. The van der Waals surface area contributed by atoms with Crippen LogP contribution >= 0.6 is 0 Å². The molecule has 1 aliphatic carbocycles. The third kappa shape index (κ3) is 6.81. The van der Waals surface area contributed by atoms with E-state index in [4.69, 9.17) is 9.26 Å². The number of aliphatic hydroxyl groups excluding tert-OH is 1. The number of nitrogens with zero attached hydrogens (tertiary/aromatic N) is 3. The SMILES string of the molecule is CCCC(=O)OC[C@H](O)CN(Cc1c(-c2ccccc2)noc1N(CC)CC)CC1CC1. The van der Waals surface area contributed by atoms with Gasteiger partial charge in [0.15, 0.2) is 0 Å². The number of rotatable bonds is 14. The molecule has 0 amide bonds. The monoisotopic (exact) mass is 443 g/mol. The van der Waals surface area contributed by atoms with Crippen LogP contribution in [-0.4, -0.2) is 60.0 Å². The molecule has 1 fully saturated rings. The molecule has 0 saturated heterocycles. The van der Waals surface area contributed by atoms with Gasteiger partial charge in [-0.1, -0.05) is 42.4 Å². The number of hydrogen-bond donors (Lipinski definition) is 1. The van der Waals surface area contributed by atoms with E-state index in [2.05, 4.69) is 28.8 Å². The molecule has 1 N–H and O–H groups in total. The topological polar surface area (TPSA) is 79.0 Å². The van der Waals surface area contributed by atoms with E-state index < -0.39 is 6.10 Å². The highest BCUT2D eigenvalue weighted by atomic mass is 16.5. The van der Waals surface area contributed by atoms with Crippen molar-refractivity contribution in [2.75, 3.05) is 37.7 Å². The van der Waals surface area contributed by atoms with Gasteiger partial charge in [-0.05, 0) is 39.0 Å². The molecular weight excluding hydrogens is 406 g/mol. The van der Waals surface area contributed by atoms with Crippen molar-refractivity contribution >= 4 is 11.9 Å². The molecule has 0 spiro atoms. The van der Waals surface area contributed by atoms with Crippen molar-refractivity contribution in [3.05, 3.63) is 35.9 Å². The number of hydrogen-bond acceptors (Lipinski definition) is 7. The van der Waals surface area contributed by atoms with E-state index in [0.29, 0.717) is 25.4 Å². The summed E-state index contributed by atoms with van der Waals surface area (Å²) in [6.07, 6.45) is 2.83. The van der Waals surface area contributed by atoms with Crippen molar-refractivity contribution < 1.29 is 19.2 Å². The summed E-state index contributed by atoms with van der Waals surface area (Å²) in [6, 6.07) is 10.1. The molecule has 1 aromatic carbocycles. The highest BCUT2D eigenvalue weighted by molar-refractivity contribution is 5.69. The van der Waals surface area contributed by atoms with Crippen LogP contribution in [0.2, 0.25) is 0 Å². The van der Waals surface area contributed by atoms with E-state index in [1.807, 2.05) is 37.3 Å². The van der Waals surface area contributed by atoms with E-state index in [-0.39, 0.29) is 12.6 Å². The molecule has 3 rings (SSSR count). The summed E-state index contributed by atoms with van der Waals surface area (Å²) >= 11 is 0. The van der Waals surface area contributed by atoms with Crippen molar-refractivity contribution in [2.45, 2.75) is 59.1 Å². The average Bonchev–Trinajstić information content (AvgIpc) is 3.52. The number of esters is 1. The van der Waals surface area contributed by atoms with E-state index >= 15 is 0 Å². The first-order valence-corrected chi connectivity index (χ1v) is 11.9. The minimum atomic E-state index is -0.730. The summed E-state index contributed by atoms with van der Waals surface area (Å²) < 4.78 is 11.1. The van der Waals surface area contributed by atoms with Crippen LogP contribution in [-0.2, 0) is 16.1 Å². The number of aliphatic hydroxyl groups is 1. The number of carbonyl (C=O) groups is 1. The quantitative estimate of drug-likeness (QED) is 0.440. The van der Waals surface area contributed by atoms with Gasteiger partial charge in [0.05, 0.1) is 5.56 Å². The second-order valence-electron chi connectivity index (χ2n) is 8.58. The molecule has 0 aliphatic heterocycles. The lowest BCUT2D eigenvalue weighted by Gasteiger charge is -2.26. The largest absolute Gasteiger partial charge is 0.463 e. The second kappa shape index (κ2) is 12.0. The molecule has 0 radical (unpaired) electrons. The fraction of sp³-hybridized carbons (Fsp3) is 0.600. The molecule has 1 aliphatic rings. The van der Waals surface area contributed by atoms with Crippen molar-refractivity contribution in [1.82, 2.24) is 10.1 Å². The van der Waals surface area contributed by atoms with Gasteiger partial charge in [-0.3, -0.25) is 9.69 Å². The zero-order chi connectivity index (χ0) is 22.9. The van der Waals surface area contributed by atoms with Gasteiger partial charge in [0.2, 0.25) is 5.88 Å². The summed E-state index contributed by atoms with van der Waals surface area (Å²) in [5.41, 5.74) is 2.90. The molecule has 2 aromatic rings. The Morgan fingerprint density at radius 1 is 1.22 bits per heavy atom. The van der Waals surface area contributed by atoms with Crippen LogP contribution in [0.1, 0.15) is 52.0 Å². The van der Waals surface area contributed by atoms with E-state index in [1.54, 1.807) is 0 Å². The maximum atomic E-state index is 11.7. The third-order valence-corrected chi connectivity index (χ3v) is 5.82. The summed E-state index contributed by atoms with van der Waals surface area (Å²) in [4.78, 5) is 16.1. The van der Waals surface area contributed by atoms with Gasteiger partial charge in [-0.2, -0.15) is 0 Å². The lowest BCUT2D eigenvalue weighted by Crippen LogP contribution is -2.37. The molecule has 176 valence electrons. The summed E-state index contributed by atoms with van der Waals surface area (Å²) in [7, 11) is 0. The second-order valence-corrected chi connectivity index (χ2v) is 8.58. The van der Waals surface area contributed by atoms with Crippen molar-refractivity contribution in [3.8, 4) is 11.3 Å². The number of benzene rings is 1. The lowest BCUT2D eigenvalue weighted by atomic mass is 10.1. The Bertz CT molecular complexity index is 831. The van der Waals surface area contributed by atoms with Crippen LogP contribution < -0.4 is 4.90 Å². The minimum absolute atomic E-state index is 0.0259. The van der Waals surface area contributed by atoms with Crippen LogP contribution in [0.3, 0.4) is 0 Å². The predicted octanol–water partition coefficient (Wildman–Crippen LogP) is 4.10. The standard InChI is InChI=1S/C25H37N3O4/c1-4-10-23(30)31-18-21(29)16-27(15-19-13-14-19)17-22-24(20-11-8-7-9-12-20)26-32-25(22)28(5-2)6-3/h7-9,11-12,19,21,29H,4-6,10,13-18H2,1-3H3/t21-/m1/s1. The van der Waals surface area contributed by atoms with Crippen molar-refractivity contribution in [3.63, 3.8) is 0 Å². The first-order valence-electron chi connectivity index (χ1n) is 11.9. The minimum Gasteiger partial charge on any atom is -0.463 e. The van der Waals surface area contributed by atoms with E-state index in [1.165, 1.54) is 12.8 Å². The summed E-state index contributed by atoms with van der Waals surface area (Å²) in [5, 5.41) is 15.0. The number of ether oxygens (including phenoxy) is 1. The Balaban J connectivity index is 1.79. The molecule has 32 heavy (non-hydrogen) atoms. The van der Waals surface area contributed by atoms with Crippen LogP contribution in [0.15, 0.2) is 34.9 Å². The molecule has 1 heterocycles. The van der Waals surface area contributed by atoms with Crippen molar-refractivity contribution in [1.29, 1.82) is 0 Å². The Morgan fingerprint density at radius 3 is 2.56 bits per heavy atom. The van der Waals surface area contributed by atoms with Crippen LogP contribution in [0.25, 0.3) is 11.3 Å². The average molecular weight is 444 g/mol. The summed E-state index contributed by atoms with van der Waals surface area (Å²) in [5.74, 6) is 1.19. The molecule has 1 aromatic heterocycles. The predicted molar refractivity (Wildman–Crippen MR) is 125 cm³/mol. The van der Waals surface area contributed by atoms with Gasteiger partial charge in [0.25, 0.3) is 0 Å². The zero-order valence-electron chi connectivity index (χ0n) is 19.6. The number of carbonyl (C=O) groups excluding carboxylic acids is 1. The molecule has 1 saturated carbocycles. The van der Waals surface area contributed by atoms with Gasteiger partial charge in [-0.25, -0.2) is 0 Å². The molecule has 0 bridgehead atoms. The van der Waals surface area contributed by atoms with Crippen molar-refractivity contribution in [2.24, 2.45) is 5.92 Å². The Kier molecular flexibility index (Phi) is 9.11. The van der Waals surface area contributed by atoms with Gasteiger partial charge in [0.1, 0.15) is 18.4 Å². The lowest BCUT2D eigenvalue weighted by molar-refractivity contribution is -0.147.